The molecule has 7 heteroatoms. The van der Waals surface area contributed by atoms with Crippen LogP contribution in [0.1, 0.15) is 33.3 Å². The fourth-order valence-electron chi connectivity index (χ4n) is 5.22. The Bertz CT molecular complexity index is 1190. The molecule has 7 nitrogen and oxygen atoms in total. The van der Waals surface area contributed by atoms with Crippen LogP contribution in [0.15, 0.2) is 53.1 Å². The Kier molecular flexibility index (Phi) is 6.00. The van der Waals surface area contributed by atoms with Crippen molar-refractivity contribution in [3.63, 3.8) is 0 Å². The SMILES string of the molecule is CCN(CC)CCN1NC(C)C(C2C=Nc3[nH]c4cnc(-c5cccnc5)cc4c3C2)=C1C. The van der Waals surface area contributed by atoms with Crippen molar-refractivity contribution in [2.24, 2.45) is 10.9 Å². The van der Waals surface area contributed by atoms with E-state index in [2.05, 4.69) is 70.3 Å². The number of H-pyrrole nitrogens is 1. The number of aliphatic imine (C=N–C) groups is 1. The van der Waals surface area contributed by atoms with Crippen molar-refractivity contribution in [1.29, 1.82) is 0 Å². The molecule has 0 amide bonds. The Labute approximate surface area is 195 Å². The number of nitrogens with zero attached hydrogens (tertiary/aromatic N) is 5. The van der Waals surface area contributed by atoms with Gasteiger partial charge in [-0.3, -0.25) is 9.97 Å². The highest BCUT2D eigenvalue weighted by Gasteiger charge is 2.32. The number of hydrazine groups is 1. The quantitative estimate of drug-likeness (QED) is 0.569. The number of likely N-dealkylation sites (N-methyl/N-ethyl adjacent to an activating group) is 1. The lowest BCUT2D eigenvalue weighted by atomic mass is 9.86. The summed E-state index contributed by atoms with van der Waals surface area (Å²) in [5.74, 6) is 1.24. The van der Waals surface area contributed by atoms with Crippen LogP contribution in [0.25, 0.3) is 22.2 Å². The van der Waals surface area contributed by atoms with Crippen LogP contribution in [-0.4, -0.2) is 63.3 Å². The first kappa shape index (κ1) is 21.8. The maximum absolute atomic E-state index is 4.84. The van der Waals surface area contributed by atoms with Crippen molar-refractivity contribution in [2.75, 3.05) is 26.2 Å². The predicted octanol–water partition coefficient (Wildman–Crippen LogP) is 4.32. The number of aromatic amines is 1. The van der Waals surface area contributed by atoms with Crippen LogP contribution in [0.3, 0.4) is 0 Å². The minimum Gasteiger partial charge on any atom is -0.338 e. The van der Waals surface area contributed by atoms with E-state index in [1.54, 1.807) is 6.20 Å². The second-order valence-corrected chi connectivity index (χ2v) is 8.97. The lowest BCUT2D eigenvalue weighted by Crippen LogP contribution is -2.41. The summed E-state index contributed by atoms with van der Waals surface area (Å²) in [7, 11) is 0. The van der Waals surface area contributed by atoms with E-state index < -0.39 is 0 Å². The van der Waals surface area contributed by atoms with Crippen LogP contribution in [-0.2, 0) is 6.42 Å². The van der Waals surface area contributed by atoms with E-state index in [0.717, 1.165) is 55.2 Å². The van der Waals surface area contributed by atoms with Crippen LogP contribution in [0.5, 0.6) is 0 Å². The van der Waals surface area contributed by atoms with Gasteiger partial charge in [0.25, 0.3) is 0 Å². The van der Waals surface area contributed by atoms with Gasteiger partial charge in [0, 0.05) is 65.9 Å². The number of hydrogen-bond acceptors (Lipinski definition) is 6. The topological polar surface area (TPSA) is 72.4 Å². The molecule has 0 bridgehead atoms. The van der Waals surface area contributed by atoms with Gasteiger partial charge in [0.15, 0.2) is 0 Å². The minimum atomic E-state index is 0.285. The number of nitrogens with one attached hydrogen (secondary N) is 2. The molecule has 0 saturated carbocycles. The third-order valence-corrected chi connectivity index (χ3v) is 7.11. The lowest BCUT2D eigenvalue weighted by molar-refractivity contribution is 0.206. The first-order chi connectivity index (χ1) is 16.1. The van der Waals surface area contributed by atoms with Gasteiger partial charge in [-0.2, -0.15) is 0 Å². The summed E-state index contributed by atoms with van der Waals surface area (Å²) in [5, 5.41) is 3.54. The van der Waals surface area contributed by atoms with Gasteiger partial charge in [-0.25, -0.2) is 10.4 Å². The third-order valence-electron chi connectivity index (χ3n) is 7.11. The summed E-state index contributed by atoms with van der Waals surface area (Å²) < 4.78 is 0. The van der Waals surface area contributed by atoms with Crippen LogP contribution >= 0.6 is 0 Å². The van der Waals surface area contributed by atoms with Crippen molar-refractivity contribution in [1.82, 2.24) is 30.3 Å². The molecule has 2 atom stereocenters. The minimum absolute atomic E-state index is 0.285. The second-order valence-electron chi connectivity index (χ2n) is 8.97. The molecule has 172 valence electrons. The Morgan fingerprint density at radius 2 is 2.06 bits per heavy atom. The summed E-state index contributed by atoms with van der Waals surface area (Å²) in [6.45, 7) is 13.2. The molecule has 2 unspecified atom stereocenters. The van der Waals surface area contributed by atoms with Gasteiger partial charge in [-0.05, 0) is 57.1 Å². The maximum atomic E-state index is 4.84. The third kappa shape index (κ3) is 4.07. The van der Waals surface area contributed by atoms with Crippen LogP contribution in [0.2, 0.25) is 0 Å². The van der Waals surface area contributed by atoms with Gasteiger partial charge in [0.1, 0.15) is 5.82 Å². The number of pyridine rings is 2. The zero-order chi connectivity index (χ0) is 22.9. The van der Waals surface area contributed by atoms with Crippen molar-refractivity contribution in [3.05, 3.63) is 53.6 Å². The predicted molar refractivity (Wildman–Crippen MR) is 134 cm³/mol. The summed E-state index contributed by atoms with van der Waals surface area (Å²) in [4.78, 5) is 19.7. The molecule has 0 radical (unpaired) electrons. The number of fused-ring (bicyclic) bond motifs is 3. The van der Waals surface area contributed by atoms with Gasteiger partial charge < -0.3 is 14.9 Å². The van der Waals surface area contributed by atoms with Crippen molar-refractivity contribution < 1.29 is 0 Å². The monoisotopic (exact) mass is 443 g/mol. The highest BCUT2D eigenvalue weighted by Crippen LogP contribution is 2.38. The molecule has 2 N–H and O–H groups in total. The zero-order valence-electron chi connectivity index (χ0n) is 20.0. The molecule has 0 spiro atoms. The molecule has 0 aromatic carbocycles. The summed E-state index contributed by atoms with van der Waals surface area (Å²) >= 11 is 0. The Morgan fingerprint density at radius 3 is 2.82 bits per heavy atom. The van der Waals surface area contributed by atoms with Gasteiger partial charge in [0.2, 0.25) is 0 Å². The average molecular weight is 444 g/mol. The van der Waals surface area contributed by atoms with Gasteiger partial charge in [-0.1, -0.05) is 13.8 Å². The van der Waals surface area contributed by atoms with Gasteiger partial charge >= 0.3 is 0 Å². The van der Waals surface area contributed by atoms with Gasteiger partial charge in [-0.15, -0.1) is 0 Å². The molecule has 2 aliphatic heterocycles. The normalized spacial score (nSPS) is 20.3. The van der Waals surface area contributed by atoms with Crippen molar-refractivity contribution >= 4 is 22.9 Å². The lowest BCUT2D eigenvalue weighted by Gasteiger charge is -2.25. The molecule has 2 aliphatic rings. The zero-order valence-corrected chi connectivity index (χ0v) is 20.0. The standard InChI is InChI=1S/C26H33N7/c1-5-32(6-2)10-11-33-18(4)25(17(3)31-33)20-12-22-21-13-23(19-8-7-9-27-14-19)28-16-24(21)30-26(22)29-15-20/h7-9,13-17,20,30-31H,5-6,10-12H2,1-4H3. The fourth-order valence-corrected chi connectivity index (χ4v) is 5.22. The molecule has 0 saturated heterocycles. The van der Waals surface area contributed by atoms with Gasteiger partial charge in [0.05, 0.1) is 17.4 Å². The Morgan fingerprint density at radius 1 is 1.21 bits per heavy atom. The number of aromatic nitrogens is 3. The van der Waals surface area contributed by atoms with Crippen LogP contribution in [0.4, 0.5) is 5.82 Å². The number of hydrogen-bond donors (Lipinski definition) is 2. The molecule has 3 aromatic heterocycles. The molecule has 0 aliphatic carbocycles. The van der Waals surface area contributed by atoms with Crippen molar-refractivity contribution in [2.45, 2.75) is 40.2 Å². The van der Waals surface area contributed by atoms with E-state index in [9.17, 15) is 0 Å². The fraction of sp³-hybridized carbons (Fsp3) is 0.423. The molecule has 5 heterocycles. The van der Waals surface area contributed by atoms with E-state index in [0.29, 0.717) is 6.04 Å². The average Bonchev–Trinajstić information content (AvgIpc) is 3.35. The first-order valence-electron chi connectivity index (χ1n) is 12.0. The second kappa shape index (κ2) is 9.08. The first-order valence-corrected chi connectivity index (χ1v) is 12.0. The highest BCUT2D eigenvalue weighted by molar-refractivity contribution is 5.92. The van der Waals surface area contributed by atoms with Crippen LogP contribution in [0, 0.1) is 5.92 Å². The molecule has 5 rings (SSSR count). The molecular weight excluding hydrogens is 410 g/mol. The number of allylic oxidation sites excluding steroid dienone is 1. The van der Waals surface area contributed by atoms with E-state index in [-0.39, 0.29) is 5.92 Å². The summed E-state index contributed by atoms with van der Waals surface area (Å²) in [5.41, 5.74) is 10.8. The summed E-state index contributed by atoms with van der Waals surface area (Å²) in [6, 6.07) is 6.48. The summed E-state index contributed by atoms with van der Waals surface area (Å²) in [6.07, 6.45) is 8.63. The maximum Gasteiger partial charge on any atom is 0.133 e. The Balaban J connectivity index is 1.42. The van der Waals surface area contributed by atoms with Crippen LogP contribution < -0.4 is 5.43 Å². The molecule has 3 aromatic rings. The highest BCUT2D eigenvalue weighted by atomic mass is 15.5. The van der Waals surface area contributed by atoms with E-state index in [1.165, 1.54) is 22.2 Å². The largest absolute Gasteiger partial charge is 0.338 e. The molecular formula is C26H33N7. The molecule has 0 fully saturated rings. The van der Waals surface area contributed by atoms with E-state index >= 15 is 0 Å². The van der Waals surface area contributed by atoms with E-state index in [4.69, 9.17) is 4.99 Å². The Hall–Kier alpha value is -3.03. The van der Waals surface area contributed by atoms with E-state index in [1.807, 2.05) is 24.5 Å². The number of rotatable bonds is 7. The van der Waals surface area contributed by atoms with Crippen molar-refractivity contribution in [3.8, 4) is 11.3 Å². The smallest absolute Gasteiger partial charge is 0.133 e. The molecule has 33 heavy (non-hydrogen) atoms.